The van der Waals surface area contributed by atoms with Gasteiger partial charge in [0, 0.05) is 23.6 Å². The minimum Gasteiger partial charge on any atom is -0.497 e. The first kappa shape index (κ1) is 15.1. The topological polar surface area (TPSA) is 64.3 Å². The quantitative estimate of drug-likeness (QED) is 0.615. The fourth-order valence-corrected chi connectivity index (χ4v) is 2.70. The molecule has 6 nitrogen and oxygen atoms in total. The lowest BCUT2D eigenvalue weighted by Crippen LogP contribution is -2.01. The molecule has 0 saturated carbocycles. The zero-order valence-corrected chi connectivity index (χ0v) is 14.0. The Kier molecular flexibility index (Phi) is 3.78. The number of fused-ring (bicyclic) bond motifs is 1. The molecule has 0 radical (unpaired) electrons. The van der Waals surface area contributed by atoms with Crippen LogP contribution >= 0.6 is 0 Å². The molecular formula is C19H17N5O. The normalized spacial score (nSPS) is 10.8. The third-order valence-electron chi connectivity index (χ3n) is 4.03. The van der Waals surface area contributed by atoms with E-state index in [4.69, 9.17) is 4.74 Å². The first-order valence-electron chi connectivity index (χ1n) is 7.91. The smallest absolute Gasteiger partial charge is 0.154 e. The molecule has 3 heterocycles. The second-order valence-electron chi connectivity index (χ2n) is 5.67. The molecule has 0 unspecified atom stereocenters. The number of hydrogen-bond donors (Lipinski definition) is 1. The maximum atomic E-state index is 5.25. The third-order valence-corrected chi connectivity index (χ3v) is 4.03. The van der Waals surface area contributed by atoms with Crippen LogP contribution in [-0.4, -0.2) is 26.7 Å². The second kappa shape index (κ2) is 6.24. The van der Waals surface area contributed by atoms with Gasteiger partial charge in [-0.05, 0) is 55.0 Å². The molecule has 0 amide bonds. The molecule has 0 atom stereocenters. The van der Waals surface area contributed by atoms with Gasteiger partial charge < -0.3 is 10.1 Å². The summed E-state index contributed by atoms with van der Waals surface area (Å²) in [5.74, 6) is 1.58. The van der Waals surface area contributed by atoms with Gasteiger partial charge in [-0.1, -0.05) is 0 Å². The van der Waals surface area contributed by atoms with Crippen LogP contribution in [-0.2, 0) is 0 Å². The molecule has 0 spiro atoms. The van der Waals surface area contributed by atoms with Gasteiger partial charge in [0.15, 0.2) is 11.5 Å². The third kappa shape index (κ3) is 2.89. The molecular weight excluding hydrogens is 314 g/mol. The Morgan fingerprint density at radius 3 is 2.64 bits per heavy atom. The van der Waals surface area contributed by atoms with E-state index in [0.717, 1.165) is 39.7 Å². The molecule has 0 bridgehead atoms. The Hall–Kier alpha value is -3.41. The summed E-state index contributed by atoms with van der Waals surface area (Å²) in [6, 6.07) is 13.6. The molecule has 0 aliphatic heterocycles. The van der Waals surface area contributed by atoms with Crippen molar-refractivity contribution in [3.05, 3.63) is 66.6 Å². The van der Waals surface area contributed by atoms with E-state index in [1.165, 1.54) is 0 Å². The summed E-state index contributed by atoms with van der Waals surface area (Å²) in [5.41, 5.74) is 4.81. The van der Waals surface area contributed by atoms with E-state index in [2.05, 4.69) is 20.4 Å². The highest BCUT2D eigenvalue weighted by molar-refractivity contribution is 5.65. The van der Waals surface area contributed by atoms with Gasteiger partial charge in [-0.2, -0.15) is 0 Å². The molecule has 124 valence electrons. The number of imidazole rings is 1. The SMILES string of the molecule is COc1ccc(Nc2ccc3ncc(-c4ccncc4)n3n2)c(C)c1. The van der Waals surface area contributed by atoms with Gasteiger partial charge in [-0.25, -0.2) is 9.50 Å². The van der Waals surface area contributed by atoms with Gasteiger partial charge in [0.1, 0.15) is 5.75 Å². The Bertz CT molecular complexity index is 1030. The number of benzene rings is 1. The number of aromatic nitrogens is 4. The minimum atomic E-state index is 0.745. The van der Waals surface area contributed by atoms with Gasteiger partial charge in [-0.15, -0.1) is 5.10 Å². The van der Waals surface area contributed by atoms with Crippen molar-refractivity contribution >= 4 is 17.2 Å². The van der Waals surface area contributed by atoms with Crippen LogP contribution in [0.15, 0.2) is 61.1 Å². The van der Waals surface area contributed by atoms with E-state index in [1.54, 1.807) is 19.5 Å². The lowest BCUT2D eigenvalue weighted by molar-refractivity contribution is 0.414. The van der Waals surface area contributed by atoms with Crippen molar-refractivity contribution in [1.29, 1.82) is 0 Å². The largest absolute Gasteiger partial charge is 0.497 e. The predicted octanol–water partition coefficient (Wildman–Crippen LogP) is 3.85. The average molecular weight is 331 g/mol. The molecule has 3 aromatic heterocycles. The average Bonchev–Trinajstić information content (AvgIpc) is 3.07. The molecule has 0 aliphatic rings. The maximum Gasteiger partial charge on any atom is 0.154 e. The Morgan fingerprint density at radius 1 is 1.04 bits per heavy atom. The fraction of sp³-hybridized carbons (Fsp3) is 0.105. The molecule has 1 N–H and O–H groups in total. The van der Waals surface area contributed by atoms with Crippen molar-refractivity contribution in [3.63, 3.8) is 0 Å². The highest BCUT2D eigenvalue weighted by Crippen LogP contribution is 2.25. The summed E-state index contributed by atoms with van der Waals surface area (Å²) >= 11 is 0. The molecule has 0 aliphatic carbocycles. The lowest BCUT2D eigenvalue weighted by Gasteiger charge is -2.11. The van der Waals surface area contributed by atoms with Crippen LogP contribution in [0.1, 0.15) is 5.56 Å². The summed E-state index contributed by atoms with van der Waals surface area (Å²) in [5, 5.41) is 8.04. The highest BCUT2D eigenvalue weighted by Gasteiger charge is 2.09. The van der Waals surface area contributed by atoms with Crippen molar-refractivity contribution < 1.29 is 4.74 Å². The molecule has 6 heteroatoms. The zero-order valence-electron chi connectivity index (χ0n) is 14.0. The number of nitrogens with zero attached hydrogens (tertiary/aromatic N) is 4. The van der Waals surface area contributed by atoms with Crippen LogP contribution in [0, 0.1) is 6.92 Å². The number of rotatable bonds is 4. The molecule has 0 fully saturated rings. The molecule has 0 saturated heterocycles. The minimum absolute atomic E-state index is 0.745. The van der Waals surface area contributed by atoms with E-state index < -0.39 is 0 Å². The predicted molar refractivity (Wildman–Crippen MR) is 97.2 cm³/mol. The van der Waals surface area contributed by atoms with E-state index >= 15 is 0 Å². The van der Waals surface area contributed by atoms with Crippen molar-refractivity contribution in [2.45, 2.75) is 6.92 Å². The number of hydrogen-bond acceptors (Lipinski definition) is 5. The van der Waals surface area contributed by atoms with E-state index in [0.29, 0.717) is 0 Å². The fourth-order valence-electron chi connectivity index (χ4n) is 2.70. The van der Waals surface area contributed by atoms with Gasteiger partial charge in [-0.3, -0.25) is 4.98 Å². The Morgan fingerprint density at radius 2 is 1.88 bits per heavy atom. The van der Waals surface area contributed by atoms with Crippen molar-refractivity contribution in [3.8, 4) is 17.0 Å². The molecule has 25 heavy (non-hydrogen) atoms. The lowest BCUT2D eigenvalue weighted by atomic mass is 10.2. The summed E-state index contributed by atoms with van der Waals surface area (Å²) in [4.78, 5) is 8.48. The van der Waals surface area contributed by atoms with Crippen molar-refractivity contribution in [2.75, 3.05) is 12.4 Å². The van der Waals surface area contributed by atoms with E-state index in [9.17, 15) is 0 Å². The monoisotopic (exact) mass is 331 g/mol. The second-order valence-corrected chi connectivity index (χ2v) is 5.67. The Labute approximate surface area is 145 Å². The van der Waals surface area contributed by atoms with Gasteiger partial charge in [0.25, 0.3) is 0 Å². The first-order chi connectivity index (χ1) is 12.2. The summed E-state index contributed by atoms with van der Waals surface area (Å²) in [6.45, 7) is 2.03. The zero-order chi connectivity index (χ0) is 17.2. The maximum absolute atomic E-state index is 5.25. The van der Waals surface area contributed by atoms with Crippen LogP contribution in [0.2, 0.25) is 0 Å². The standard InChI is InChI=1S/C19H17N5O/c1-13-11-15(25-2)3-4-16(13)22-18-5-6-19-21-12-17(24(19)23-18)14-7-9-20-10-8-14/h3-12H,1-2H3,(H,22,23). The van der Waals surface area contributed by atoms with Gasteiger partial charge in [0.05, 0.1) is 19.0 Å². The highest BCUT2D eigenvalue weighted by atomic mass is 16.5. The molecule has 4 rings (SSSR count). The van der Waals surface area contributed by atoms with Crippen LogP contribution in [0.3, 0.4) is 0 Å². The van der Waals surface area contributed by atoms with Crippen molar-refractivity contribution in [1.82, 2.24) is 19.6 Å². The van der Waals surface area contributed by atoms with E-state index in [-0.39, 0.29) is 0 Å². The summed E-state index contributed by atoms with van der Waals surface area (Å²) in [7, 11) is 1.66. The first-order valence-corrected chi connectivity index (χ1v) is 7.91. The summed E-state index contributed by atoms with van der Waals surface area (Å²) < 4.78 is 7.08. The Balaban J connectivity index is 1.72. The van der Waals surface area contributed by atoms with Crippen LogP contribution in [0.25, 0.3) is 16.9 Å². The number of anilines is 2. The number of pyridine rings is 1. The number of ether oxygens (including phenoxy) is 1. The number of methoxy groups -OCH3 is 1. The van der Waals surface area contributed by atoms with Crippen LogP contribution in [0.4, 0.5) is 11.5 Å². The molecule has 4 aromatic rings. The van der Waals surface area contributed by atoms with E-state index in [1.807, 2.05) is 60.1 Å². The van der Waals surface area contributed by atoms with Gasteiger partial charge >= 0.3 is 0 Å². The number of aryl methyl sites for hydroxylation is 1. The van der Waals surface area contributed by atoms with Crippen molar-refractivity contribution in [2.24, 2.45) is 0 Å². The number of nitrogens with one attached hydrogen (secondary N) is 1. The van der Waals surface area contributed by atoms with Gasteiger partial charge in [0.2, 0.25) is 0 Å². The van der Waals surface area contributed by atoms with Crippen LogP contribution in [0.5, 0.6) is 5.75 Å². The molecule has 1 aromatic carbocycles. The summed E-state index contributed by atoms with van der Waals surface area (Å²) in [6.07, 6.45) is 5.34. The van der Waals surface area contributed by atoms with Crippen LogP contribution < -0.4 is 10.1 Å².